The first-order valence-electron chi connectivity index (χ1n) is 12.2. The van der Waals surface area contributed by atoms with Crippen LogP contribution in [-0.2, 0) is 26.1 Å². The van der Waals surface area contributed by atoms with Crippen molar-refractivity contribution in [1.29, 1.82) is 0 Å². The van der Waals surface area contributed by atoms with E-state index in [4.69, 9.17) is 4.74 Å². The number of hydrogen-bond donors (Lipinski definition) is 3. The number of amides is 1. The standard InChI is InChI=1S/C28H28N4O6S/c1-17(2)24(28(35)38-3)32-39(36,37)21-13-11-19(12-14-21)20-8-6-7-18(15-20)16-29-27(34)25-30-23-10-5-4-9-22(23)26(33)31-25/h4-15,17,24,32H,16H2,1-3H3,(H,29,34)(H,30,31,33). The largest absolute Gasteiger partial charge is 0.468 e. The molecule has 3 N–H and O–H groups in total. The van der Waals surface area contributed by atoms with Crippen LogP contribution in [0, 0.1) is 5.92 Å². The Bertz CT molecular complexity index is 1680. The fourth-order valence-corrected chi connectivity index (χ4v) is 5.30. The molecule has 0 aliphatic rings. The molecule has 202 valence electrons. The molecule has 11 heteroatoms. The van der Waals surface area contributed by atoms with Gasteiger partial charge in [0.25, 0.3) is 11.5 Å². The summed E-state index contributed by atoms with van der Waals surface area (Å²) in [7, 11) is -2.75. The van der Waals surface area contributed by atoms with Gasteiger partial charge in [-0.2, -0.15) is 4.72 Å². The molecule has 0 bridgehead atoms. The number of carbonyl (C=O) groups is 2. The Morgan fingerprint density at radius 2 is 1.69 bits per heavy atom. The van der Waals surface area contributed by atoms with Crippen molar-refractivity contribution in [3.8, 4) is 11.1 Å². The van der Waals surface area contributed by atoms with Crippen LogP contribution in [-0.4, -0.2) is 43.4 Å². The first-order chi connectivity index (χ1) is 18.6. The van der Waals surface area contributed by atoms with Gasteiger partial charge in [-0.05, 0) is 52.9 Å². The Labute approximate surface area is 225 Å². The van der Waals surface area contributed by atoms with Gasteiger partial charge in [0.1, 0.15) is 6.04 Å². The molecular formula is C28H28N4O6S. The predicted octanol–water partition coefficient (Wildman–Crippen LogP) is 3.00. The minimum absolute atomic E-state index is 0.0149. The fraction of sp³-hybridized carbons (Fsp3) is 0.214. The van der Waals surface area contributed by atoms with Crippen molar-refractivity contribution in [3.05, 3.63) is 94.5 Å². The SMILES string of the molecule is COC(=O)C(NS(=O)(=O)c1ccc(-c2cccc(CNC(=O)c3nc4ccccc4c(=O)[nH]3)c2)cc1)C(C)C. The number of hydrogen-bond acceptors (Lipinski definition) is 7. The molecule has 1 atom stereocenters. The summed E-state index contributed by atoms with van der Waals surface area (Å²) < 4.78 is 32.8. The van der Waals surface area contributed by atoms with E-state index in [2.05, 4.69) is 20.0 Å². The van der Waals surface area contributed by atoms with Gasteiger partial charge in [0.05, 0.1) is 22.9 Å². The van der Waals surface area contributed by atoms with E-state index < -0.39 is 33.5 Å². The number of sulfonamides is 1. The third-order valence-electron chi connectivity index (χ3n) is 6.11. The number of ether oxygens (including phenoxy) is 1. The number of nitrogens with zero attached hydrogens (tertiary/aromatic N) is 1. The van der Waals surface area contributed by atoms with Gasteiger partial charge in [0, 0.05) is 6.54 Å². The number of esters is 1. The summed E-state index contributed by atoms with van der Waals surface area (Å²) in [5.41, 5.74) is 2.40. The molecule has 4 aromatic rings. The molecule has 0 saturated carbocycles. The van der Waals surface area contributed by atoms with Crippen LogP contribution in [0.4, 0.5) is 0 Å². The number of methoxy groups -OCH3 is 1. The molecule has 39 heavy (non-hydrogen) atoms. The maximum Gasteiger partial charge on any atom is 0.324 e. The van der Waals surface area contributed by atoms with Crippen LogP contribution in [0.1, 0.15) is 30.0 Å². The number of benzene rings is 3. The number of carbonyl (C=O) groups excluding carboxylic acids is 2. The average Bonchev–Trinajstić information content (AvgIpc) is 2.94. The summed E-state index contributed by atoms with van der Waals surface area (Å²) in [5, 5.41) is 3.16. The van der Waals surface area contributed by atoms with Crippen LogP contribution in [0.3, 0.4) is 0 Å². The lowest BCUT2D eigenvalue weighted by Gasteiger charge is -2.19. The van der Waals surface area contributed by atoms with Gasteiger partial charge in [-0.1, -0.05) is 56.3 Å². The lowest BCUT2D eigenvalue weighted by atomic mass is 10.0. The van der Waals surface area contributed by atoms with Crippen LogP contribution in [0.2, 0.25) is 0 Å². The number of aromatic nitrogens is 2. The van der Waals surface area contributed by atoms with E-state index in [1.165, 1.54) is 19.2 Å². The fourth-order valence-electron chi connectivity index (χ4n) is 3.97. The summed E-state index contributed by atoms with van der Waals surface area (Å²) in [6.45, 7) is 3.63. The van der Waals surface area contributed by atoms with Crippen molar-refractivity contribution in [1.82, 2.24) is 20.0 Å². The maximum atomic E-state index is 12.8. The topological polar surface area (TPSA) is 147 Å². The second-order valence-electron chi connectivity index (χ2n) is 9.21. The molecule has 0 fully saturated rings. The number of aromatic amines is 1. The molecule has 0 aliphatic carbocycles. The Kier molecular flexibility index (Phi) is 8.22. The quantitative estimate of drug-likeness (QED) is 0.272. The van der Waals surface area contributed by atoms with Crippen LogP contribution in [0.5, 0.6) is 0 Å². The number of fused-ring (bicyclic) bond motifs is 1. The molecule has 3 aromatic carbocycles. The summed E-state index contributed by atoms with van der Waals surface area (Å²) in [5.74, 6) is -1.55. The van der Waals surface area contributed by atoms with E-state index in [9.17, 15) is 22.8 Å². The number of H-pyrrole nitrogens is 1. The second kappa shape index (κ2) is 11.6. The highest BCUT2D eigenvalue weighted by molar-refractivity contribution is 7.89. The molecule has 4 rings (SSSR count). The number of rotatable bonds is 9. The molecule has 1 amide bonds. The summed E-state index contributed by atoms with van der Waals surface area (Å²) in [6, 6.07) is 19.4. The predicted molar refractivity (Wildman–Crippen MR) is 146 cm³/mol. The van der Waals surface area contributed by atoms with Crippen LogP contribution >= 0.6 is 0 Å². The van der Waals surface area contributed by atoms with Crippen LogP contribution < -0.4 is 15.6 Å². The monoisotopic (exact) mass is 548 g/mol. The van der Waals surface area contributed by atoms with E-state index in [0.29, 0.717) is 10.9 Å². The van der Waals surface area contributed by atoms with Gasteiger partial charge in [-0.15, -0.1) is 0 Å². The first-order valence-corrected chi connectivity index (χ1v) is 13.6. The van der Waals surface area contributed by atoms with E-state index in [1.807, 2.05) is 24.3 Å². The molecule has 0 radical (unpaired) electrons. The molecule has 1 unspecified atom stereocenters. The zero-order valence-corrected chi connectivity index (χ0v) is 22.4. The normalized spacial score (nSPS) is 12.3. The lowest BCUT2D eigenvalue weighted by molar-refractivity contribution is -0.143. The maximum absolute atomic E-state index is 12.8. The van der Waals surface area contributed by atoms with Crippen molar-refractivity contribution in [3.63, 3.8) is 0 Å². The Balaban J connectivity index is 1.46. The molecule has 0 aliphatic heterocycles. The zero-order chi connectivity index (χ0) is 28.2. The third-order valence-corrected chi connectivity index (χ3v) is 7.57. The van der Waals surface area contributed by atoms with Crippen molar-refractivity contribution in [2.75, 3.05) is 7.11 Å². The van der Waals surface area contributed by atoms with Crippen molar-refractivity contribution >= 4 is 32.8 Å². The molecule has 1 aromatic heterocycles. The van der Waals surface area contributed by atoms with Gasteiger partial charge in [-0.25, -0.2) is 13.4 Å². The summed E-state index contributed by atoms with van der Waals surface area (Å²) in [4.78, 5) is 43.6. The summed E-state index contributed by atoms with van der Waals surface area (Å²) >= 11 is 0. The zero-order valence-electron chi connectivity index (χ0n) is 21.6. The second-order valence-corrected chi connectivity index (χ2v) is 10.9. The van der Waals surface area contributed by atoms with Crippen molar-refractivity contribution in [2.24, 2.45) is 5.92 Å². The number of nitrogens with one attached hydrogen (secondary N) is 3. The van der Waals surface area contributed by atoms with Crippen molar-refractivity contribution < 1.29 is 22.7 Å². The molecular weight excluding hydrogens is 520 g/mol. The van der Waals surface area contributed by atoms with Crippen LogP contribution in [0.15, 0.2) is 82.5 Å². The van der Waals surface area contributed by atoms with E-state index >= 15 is 0 Å². The van der Waals surface area contributed by atoms with Gasteiger partial charge < -0.3 is 15.0 Å². The minimum atomic E-state index is -3.96. The molecule has 10 nitrogen and oxygen atoms in total. The highest BCUT2D eigenvalue weighted by atomic mass is 32.2. The Hall–Kier alpha value is -4.35. The van der Waals surface area contributed by atoms with Gasteiger partial charge in [-0.3, -0.25) is 14.4 Å². The Morgan fingerprint density at radius 1 is 0.974 bits per heavy atom. The van der Waals surface area contributed by atoms with Crippen molar-refractivity contribution in [2.45, 2.75) is 31.3 Å². The highest BCUT2D eigenvalue weighted by Gasteiger charge is 2.29. The van der Waals surface area contributed by atoms with Gasteiger partial charge in [0.15, 0.2) is 5.82 Å². The van der Waals surface area contributed by atoms with Gasteiger partial charge in [0.2, 0.25) is 10.0 Å². The van der Waals surface area contributed by atoms with E-state index in [0.717, 1.165) is 16.7 Å². The first kappa shape index (κ1) is 27.7. The highest BCUT2D eigenvalue weighted by Crippen LogP contribution is 2.23. The van der Waals surface area contributed by atoms with Gasteiger partial charge >= 0.3 is 5.97 Å². The third kappa shape index (κ3) is 6.39. The molecule has 1 heterocycles. The smallest absolute Gasteiger partial charge is 0.324 e. The lowest BCUT2D eigenvalue weighted by Crippen LogP contribution is -2.44. The summed E-state index contributed by atoms with van der Waals surface area (Å²) in [6.07, 6.45) is 0. The van der Waals surface area contributed by atoms with E-state index in [1.54, 1.807) is 50.2 Å². The minimum Gasteiger partial charge on any atom is -0.468 e. The molecule has 0 saturated heterocycles. The van der Waals surface area contributed by atoms with E-state index in [-0.39, 0.29) is 23.2 Å². The van der Waals surface area contributed by atoms with Crippen LogP contribution in [0.25, 0.3) is 22.0 Å². The average molecular weight is 549 g/mol. The molecule has 0 spiro atoms. The Morgan fingerprint density at radius 3 is 2.38 bits per heavy atom. The number of para-hydroxylation sites is 1.